The summed E-state index contributed by atoms with van der Waals surface area (Å²) >= 11 is 0. The molecule has 1 heterocycles. The molecular weight excluding hydrogens is 241 g/mol. The molecule has 0 aliphatic rings. The highest BCUT2D eigenvalue weighted by molar-refractivity contribution is 5.70. The molecule has 1 aromatic rings. The van der Waals surface area contributed by atoms with Gasteiger partial charge in [0.25, 0.3) is 0 Å². The van der Waals surface area contributed by atoms with Gasteiger partial charge in [-0.25, -0.2) is 14.8 Å². The van der Waals surface area contributed by atoms with Crippen LogP contribution in [0.15, 0.2) is 12.4 Å². The average Bonchev–Trinajstić information content (AvgIpc) is 2.26. The van der Waals surface area contributed by atoms with Crippen LogP contribution in [0.3, 0.4) is 0 Å². The molecule has 0 atom stereocenters. The van der Waals surface area contributed by atoms with E-state index in [1.165, 1.54) is 0 Å². The minimum Gasteiger partial charge on any atom is -0.465 e. The molecule has 0 saturated carbocycles. The lowest BCUT2D eigenvalue weighted by molar-refractivity contribution is -0.146. The second kappa shape index (κ2) is 5.46. The summed E-state index contributed by atoms with van der Waals surface area (Å²) in [5.41, 5.74) is -1.12. The minimum atomic E-state index is -4.55. The van der Waals surface area contributed by atoms with Gasteiger partial charge in [0, 0.05) is 0 Å². The molecule has 0 unspecified atom stereocenters. The van der Waals surface area contributed by atoms with Gasteiger partial charge in [0.2, 0.25) is 5.88 Å². The first-order valence-corrected chi connectivity index (χ1v) is 4.61. The molecular formula is C9H9F3N2O3. The fraction of sp³-hybridized carbons (Fsp3) is 0.444. The number of esters is 1. The molecule has 0 aliphatic heterocycles. The quantitative estimate of drug-likeness (QED) is 0.756. The molecule has 8 heteroatoms. The van der Waals surface area contributed by atoms with Gasteiger partial charge in [0.15, 0.2) is 12.3 Å². The molecule has 0 aromatic carbocycles. The molecule has 94 valence electrons. The molecule has 1 aromatic heterocycles. The first-order valence-electron chi connectivity index (χ1n) is 4.61. The number of rotatable bonds is 4. The Morgan fingerprint density at radius 1 is 1.35 bits per heavy atom. The third-order valence-corrected chi connectivity index (χ3v) is 1.56. The number of aromatic nitrogens is 2. The summed E-state index contributed by atoms with van der Waals surface area (Å²) in [7, 11) is 0. The molecule has 5 nitrogen and oxygen atoms in total. The zero-order valence-electron chi connectivity index (χ0n) is 8.82. The fourth-order valence-electron chi connectivity index (χ4n) is 0.873. The lowest BCUT2D eigenvalue weighted by atomic mass is 10.4. The Labute approximate surface area is 94.6 Å². The molecule has 0 spiro atoms. The van der Waals surface area contributed by atoms with Gasteiger partial charge in [0.05, 0.1) is 19.0 Å². The maximum Gasteiger partial charge on any atom is 0.434 e. The lowest BCUT2D eigenvalue weighted by Crippen LogP contribution is -2.15. The number of carbonyl (C=O) groups excluding carboxylic acids is 1. The van der Waals surface area contributed by atoms with E-state index in [2.05, 4.69) is 14.7 Å². The molecule has 0 amide bonds. The van der Waals surface area contributed by atoms with Crippen molar-refractivity contribution in [2.45, 2.75) is 13.1 Å². The summed E-state index contributed by atoms with van der Waals surface area (Å²) in [5.74, 6) is -0.805. The van der Waals surface area contributed by atoms with Gasteiger partial charge in [-0.3, -0.25) is 0 Å². The van der Waals surface area contributed by atoms with Gasteiger partial charge in [-0.1, -0.05) is 0 Å². The van der Waals surface area contributed by atoms with Crippen LogP contribution in [0.5, 0.6) is 5.88 Å². The number of ether oxygens (including phenoxy) is 2. The highest BCUT2D eigenvalue weighted by Gasteiger charge is 2.32. The van der Waals surface area contributed by atoms with Crippen molar-refractivity contribution in [2.75, 3.05) is 13.2 Å². The van der Waals surface area contributed by atoms with Crippen molar-refractivity contribution in [1.29, 1.82) is 0 Å². The predicted octanol–water partition coefficient (Wildman–Crippen LogP) is 1.44. The third kappa shape index (κ3) is 4.25. The van der Waals surface area contributed by atoms with Gasteiger partial charge in [-0.2, -0.15) is 13.2 Å². The van der Waals surface area contributed by atoms with Crippen molar-refractivity contribution in [3.63, 3.8) is 0 Å². The summed E-state index contributed by atoms with van der Waals surface area (Å²) in [6.07, 6.45) is -3.23. The standard InChI is InChI=1S/C9H9F3N2O3/c1-2-16-8(15)5-17-7-4-13-6(3-14-7)9(10,11)12/h3-4H,2,5H2,1H3. The van der Waals surface area contributed by atoms with E-state index in [1.807, 2.05) is 0 Å². The predicted molar refractivity (Wildman–Crippen MR) is 49.2 cm³/mol. The Morgan fingerprint density at radius 3 is 2.53 bits per heavy atom. The molecule has 0 saturated heterocycles. The molecule has 0 radical (unpaired) electrons. The van der Waals surface area contributed by atoms with E-state index < -0.39 is 24.4 Å². The topological polar surface area (TPSA) is 61.3 Å². The van der Waals surface area contributed by atoms with E-state index >= 15 is 0 Å². The minimum absolute atomic E-state index is 0.175. The Kier molecular flexibility index (Phi) is 4.24. The lowest BCUT2D eigenvalue weighted by Gasteiger charge is -2.06. The van der Waals surface area contributed by atoms with E-state index in [0.717, 1.165) is 6.20 Å². The van der Waals surface area contributed by atoms with Crippen LogP contribution in [0.4, 0.5) is 13.2 Å². The average molecular weight is 250 g/mol. The van der Waals surface area contributed by atoms with Gasteiger partial charge >= 0.3 is 12.1 Å². The SMILES string of the molecule is CCOC(=O)COc1cnc(C(F)(F)F)cn1. The van der Waals surface area contributed by atoms with Crippen LogP contribution in [0.2, 0.25) is 0 Å². The zero-order valence-corrected chi connectivity index (χ0v) is 8.82. The summed E-state index contributed by atoms with van der Waals surface area (Å²) in [5, 5.41) is 0. The molecule has 17 heavy (non-hydrogen) atoms. The zero-order chi connectivity index (χ0) is 12.9. The number of hydrogen-bond donors (Lipinski definition) is 0. The highest BCUT2D eigenvalue weighted by Crippen LogP contribution is 2.27. The first kappa shape index (κ1) is 13.2. The van der Waals surface area contributed by atoms with Gasteiger partial charge < -0.3 is 9.47 Å². The molecule has 0 aliphatic carbocycles. The summed E-state index contributed by atoms with van der Waals surface area (Å²) in [6, 6.07) is 0. The van der Waals surface area contributed by atoms with Gasteiger partial charge in [-0.05, 0) is 6.92 Å². The maximum absolute atomic E-state index is 12.1. The molecule has 0 N–H and O–H groups in total. The highest BCUT2D eigenvalue weighted by atomic mass is 19.4. The number of carbonyl (C=O) groups is 1. The Balaban J connectivity index is 2.54. The first-order chi connectivity index (χ1) is 7.93. The van der Waals surface area contributed by atoms with Crippen molar-refractivity contribution in [2.24, 2.45) is 0 Å². The van der Waals surface area contributed by atoms with Gasteiger partial charge in [-0.15, -0.1) is 0 Å². The van der Waals surface area contributed by atoms with Crippen LogP contribution < -0.4 is 4.74 Å². The number of hydrogen-bond acceptors (Lipinski definition) is 5. The van der Waals surface area contributed by atoms with Crippen molar-refractivity contribution in [3.05, 3.63) is 18.1 Å². The van der Waals surface area contributed by atoms with E-state index in [1.54, 1.807) is 6.92 Å². The number of halogens is 3. The second-order valence-corrected chi connectivity index (χ2v) is 2.83. The second-order valence-electron chi connectivity index (χ2n) is 2.83. The molecule has 0 bridgehead atoms. The van der Waals surface area contributed by atoms with Crippen LogP contribution in [0.1, 0.15) is 12.6 Å². The van der Waals surface area contributed by atoms with Crippen LogP contribution in [-0.4, -0.2) is 29.2 Å². The van der Waals surface area contributed by atoms with E-state index in [-0.39, 0.29) is 12.5 Å². The largest absolute Gasteiger partial charge is 0.465 e. The molecule has 0 fully saturated rings. The van der Waals surface area contributed by atoms with Crippen LogP contribution in [0, 0.1) is 0 Å². The van der Waals surface area contributed by atoms with Crippen LogP contribution in [0.25, 0.3) is 0 Å². The smallest absolute Gasteiger partial charge is 0.434 e. The van der Waals surface area contributed by atoms with Gasteiger partial charge in [0.1, 0.15) is 0 Å². The summed E-state index contributed by atoms with van der Waals surface area (Å²) in [6.45, 7) is 1.39. The van der Waals surface area contributed by atoms with Crippen LogP contribution >= 0.6 is 0 Å². The van der Waals surface area contributed by atoms with Crippen LogP contribution in [-0.2, 0) is 15.7 Å². The number of alkyl halides is 3. The Bertz CT molecular complexity index is 378. The monoisotopic (exact) mass is 250 g/mol. The van der Waals surface area contributed by atoms with E-state index in [9.17, 15) is 18.0 Å². The Morgan fingerprint density at radius 2 is 2.06 bits per heavy atom. The third-order valence-electron chi connectivity index (χ3n) is 1.56. The summed E-state index contributed by atoms with van der Waals surface area (Å²) in [4.78, 5) is 17.3. The van der Waals surface area contributed by atoms with Crippen molar-refractivity contribution in [3.8, 4) is 5.88 Å². The molecule has 1 rings (SSSR count). The fourth-order valence-corrected chi connectivity index (χ4v) is 0.873. The summed E-state index contributed by atoms with van der Waals surface area (Å²) < 4.78 is 45.7. The van der Waals surface area contributed by atoms with Crippen molar-refractivity contribution in [1.82, 2.24) is 9.97 Å². The number of nitrogens with zero attached hydrogens (tertiary/aromatic N) is 2. The van der Waals surface area contributed by atoms with E-state index in [0.29, 0.717) is 6.20 Å². The van der Waals surface area contributed by atoms with Crippen molar-refractivity contribution < 1.29 is 27.4 Å². The normalized spacial score (nSPS) is 11.1. The van der Waals surface area contributed by atoms with E-state index in [4.69, 9.17) is 4.74 Å². The Hall–Kier alpha value is -1.86. The van der Waals surface area contributed by atoms with Crippen molar-refractivity contribution >= 4 is 5.97 Å². The maximum atomic E-state index is 12.1.